The Balaban J connectivity index is 1.66. The molecule has 7 heteroatoms. The largest absolute Gasteiger partial charge is 0.439 e. The number of aryl methyl sites for hydroxylation is 1. The number of benzene rings is 2. The number of hydrogen-bond acceptors (Lipinski definition) is 3. The van der Waals surface area contributed by atoms with Gasteiger partial charge in [-0.05, 0) is 42.8 Å². The quantitative estimate of drug-likeness (QED) is 0.570. The fourth-order valence-electron chi connectivity index (χ4n) is 2.36. The molecule has 0 spiro atoms. The molecular formula is C20H17BrFN3O2. The van der Waals surface area contributed by atoms with Gasteiger partial charge in [0, 0.05) is 34.5 Å². The number of hydrogen-bond donors (Lipinski definition) is 2. The van der Waals surface area contributed by atoms with Gasteiger partial charge in [0.15, 0.2) is 0 Å². The van der Waals surface area contributed by atoms with Crippen LogP contribution in [0.5, 0.6) is 11.6 Å². The van der Waals surface area contributed by atoms with E-state index >= 15 is 0 Å². The summed E-state index contributed by atoms with van der Waals surface area (Å²) < 4.78 is 19.8. The van der Waals surface area contributed by atoms with Crippen molar-refractivity contribution in [3.05, 3.63) is 82.2 Å². The number of aromatic nitrogens is 1. The minimum atomic E-state index is -0.396. The van der Waals surface area contributed by atoms with Crippen molar-refractivity contribution in [1.82, 2.24) is 10.3 Å². The van der Waals surface area contributed by atoms with E-state index in [0.29, 0.717) is 22.9 Å². The van der Waals surface area contributed by atoms with Gasteiger partial charge in [-0.2, -0.15) is 0 Å². The molecule has 0 aliphatic heterocycles. The van der Waals surface area contributed by atoms with Gasteiger partial charge in [-0.25, -0.2) is 14.2 Å². The van der Waals surface area contributed by atoms with E-state index in [-0.39, 0.29) is 12.6 Å². The topological polar surface area (TPSA) is 63.2 Å². The second-order valence-electron chi connectivity index (χ2n) is 5.79. The van der Waals surface area contributed by atoms with Crippen molar-refractivity contribution < 1.29 is 13.9 Å². The summed E-state index contributed by atoms with van der Waals surface area (Å²) in [4.78, 5) is 16.4. The zero-order chi connectivity index (χ0) is 19.2. The van der Waals surface area contributed by atoms with Gasteiger partial charge in [-0.15, -0.1) is 0 Å². The van der Waals surface area contributed by atoms with E-state index in [9.17, 15) is 9.18 Å². The number of rotatable bonds is 5. The van der Waals surface area contributed by atoms with Crippen molar-refractivity contribution in [1.29, 1.82) is 0 Å². The van der Waals surface area contributed by atoms with Gasteiger partial charge in [0.05, 0.1) is 0 Å². The van der Waals surface area contributed by atoms with Gasteiger partial charge in [0.1, 0.15) is 11.6 Å². The summed E-state index contributed by atoms with van der Waals surface area (Å²) in [5, 5.41) is 5.58. The number of halogens is 2. The summed E-state index contributed by atoms with van der Waals surface area (Å²) in [6.07, 6.45) is 1.57. The Kier molecular flexibility index (Phi) is 6.03. The van der Waals surface area contributed by atoms with Gasteiger partial charge in [-0.3, -0.25) is 0 Å². The van der Waals surface area contributed by atoms with Crippen molar-refractivity contribution >= 4 is 27.6 Å². The lowest BCUT2D eigenvalue weighted by Crippen LogP contribution is -2.28. The average Bonchev–Trinajstić information content (AvgIpc) is 2.64. The van der Waals surface area contributed by atoms with E-state index in [0.717, 1.165) is 10.0 Å². The zero-order valence-corrected chi connectivity index (χ0v) is 16.1. The van der Waals surface area contributed by atoms with Crippen LogP contribution in [0.4, 0.5) is 14.9 Å². The number of amides is 2. The third kappa shape index (κ3) is 5.27. The van der Waals surface area contributed by atoms with E-state index in [4.69, 9.17) is 4.74 Å². The molecule has 2 amide bonds. The highest BCUT2D eigenvalue weighted by molar-refractivity contribution is 9.10. The summed E-state index contributed by atoms with van der Waals surface area (Å²) >= 11 is 3.38. The molecule has 1 heterocycles. The Morgan fingerprint density at radius 3 is 2.85 bits per heavy atom. The van der Waals surface area contributed by atoms with Crippen molar-refractivity contribution in [3.8, 4) is 11.6 Å². The number of ether oxygens (including phenoxy) is 1. The summed E-state index contributed by atoms with van der Waals surface area (Å²) in [5.74, 6) is 0.248. The number of anilines is 1. The minimum absolute atomic E-state index is 0.206. The highest BCUT2D eigenvalue weighted by Crippen LogP contribution is 2.24. The lowest BCUT2D eigenvalue weighted by atomic mass is 10.2. The van der Waals surface area contributed by atoms with Crippen LogP contribution in [0, 0.1) is 12.7 Å². The Morgan fingerprint density at radius 2 is 2.04 bits per heavy atom. The third-order valence-corrected chi connectivity index (χ3v) is 4.24. The summed E-state index contributed by atoms with van der Waals surface area (Å²) in [6, 6.07) is 14.6. The number of urea groups is 1. The maximum Gasteiger partial charge on any atom is 0.319 e. The molecule has 0 bridgehead atoms. The van der Waals surface area contributed by atoms with E-state index < -0.39 is 5.82 Å². The van der Waals surface area contributed by atoms with Gasteiger partial charge >= 0.3 is 6.03 Å². The van der Waals surface area contributed by atoms with Crippen LogP contribution in [-0.2, 0) is 6.54 Å². The molecule has 138 valence electrons. The average molecular weight is 430 g/mol. The molecule has 0 saturated heterocycles. The molecular weight excluding hydrogens is 413 g/mol. The number of carbonyl (C=O) groups is 1. The first-order chi connectivity index (χ1) is 13.0. The molecule has 3 aromatic rings. The Hall–Kier alpha value is -2.93. The molecule has 0 aliphatic carbocycles. The van der Waals surface area contributed by atoms with Crippen LogP contribution in [0.15, 0.2) is 65.3 Å². The van der Waals surface area contributed by atoms with Crippen LogP contribution in [0.25, 0.3) is 0 Å². The van der Waals surface area contributed by atoms with Crippen molar-refractivity contribution in [2.75, 3.05) is 5.32 Å². The second kappa shape index (κ2) is 8.64. The second-order valence-corrected chi connectivity index (χ2v) is 6.71. The predicted molar refractivity (Wildman–Crippen MR) is 105 cm³/mol. The molecule has 1 aromatic heterocycles. The van der Waals surface area contributed by atoms with Crippen LogP contribution >= 0.6 is 15.9 Å². The van der Waals surface area contributed by atoms with Gasteiger partial charge in [-0.1, -0.05) is 34.1 Å². The molecule has 2 aromatic carbocycles. The van der Waals surface area contributed by atoms with Crippen LogP contribution in [0.1, 0.15) is 11.1 Å². The van der Waals surface area contributed by atoms with Crippen LogP contribution in [-0.4, -0.2) is 11.0 Å². The fourth-order valence-corrected chi connectivity index (χ4v) is 2.72. The van der Waals surface area contributed by atoms with Crippen molar-refractivity contribution in [2.45, 2.75) is 13.5 Å². The highest BCUT2D eigenvalue weighted by atomic mass is 79.9. The normalized spacial score (nSPS) is 10.3. The number of nitrogens with one attached hydrogen (secondary N) is 2. The molecule has 5 nitrogen and oxygen atoms in total. The van der Waals surface area contributed by atoms with Crippen LogP contribution in [0.3, 0.4) is 0 Å². The first kappa shape index (κ1) is 18.8. The highest BCUT2D eigenvalue weighted by Gasteiger charge is 2.10. The standard InChI is InChI=1S/C20H17BrFN3O2/c1-13-7-8-15(21)10-18(13)25-20(26)24-12-14-4-3-9-23-19(14)27-17-6-2-5-16(22)11-17/h2-11H,12H2,1H3,(H2,24,25,26). The molecule has 0 saturated carbocycles. The lowest BCUT2D eigenvalue weighted by Gasteiger charge is -2.12. The fraction of sp³-hybridized carbons (Fsp3) is 0.100. The molecule has 2 N–H and O–H groups in total. The van der Waals surface area contributed by atoms with Crippen molar-refractivity contribution in [2.24, 2.45) is 0 Å². The zero-order valence-electron chi connectivity index (χ0n) is 14.5. The van der Waals surface area contributed by atoms with E-state index in [2.05, 4.69) is 31.5 Å². The number of carbonyl (C=O) groups excluding carboxylic acids is 1. The SMILES string of the molecule is Cc1ccc(Br)cc1NC(=O)NCc1cccnc1Oc1cccc(F)c1. The lowest BCUT2D eigenvalue weighted by molar-refractivity contribution is 0.251. The molecule has 0 atom stereocenters. The molecule has 27 heavy (non-hydrogen) atoms. The predicted octanol–water partition coefficient (Wildman–Crippen LogP) is 5.41. The monoisotopic (exact) mass is 429 g/mol. The number of nitrogens with zero attached hydrogens (tertiary/aromatic N) is 1. The van der Waals surface area contributed by atoms with Gasteiger partial charge in [0.25, 0.3) is 0 Å². The summed E-state index contributed by atoms with van der Waals surface area (Å²) in [6.45, 7) is 2.12. The van der Waals surface area contributed by atoms with Crippen molar-refractivity contribution in [3.63, 3.8) is 0 Å². The minimum Gasteiger partial charge on any atom is -0.439 e. The van der Waals surface area contributed by atoms with Gasteiger partial charge < -0.3 is 15.4 Å². The van der Waals surface area contributed by atoms with Crippen LogP contribution < -0.4 is 15.4 Å². The molecule has 0 aliphatic rings. The Bertz CT molecular complexity index is 965. The first-order valence-electron chi connectivity index (χ1n) is 8.19. The van der Waals surface area contributed by atoms with Gasteiger partial charge in [0.2, 0.25) is 5.88 Å². The van der Waals surface area contributed by atoms with E-state index in [1.165, 1.54) is 12.1 Å². The van der Waals surface area contributed by atoms with Crippen LogP contribution in [0.2, 0.25) is 0 Å². The first-order valence-corrected chi connectivity index (χ1v) is 8.99. The number of pyridine rings is 1. The third-order valence-electron chi connectivity index (χ3n) is 3.75. The van der Waals surface area contributed by atoms with E-state index in [1.54, 1.807) is 30.5 Å². The Labute approximate surface area is 164 Å². The maximum absolute atomic E-state index is 13.3. The maximum atomic E-state index is 13.3. The summed E-state index contributed by atoms with van der Waals surface area (Å²) in [7, 11) is 0. The summed E-state index contributed by atoms with van der Waals surface area (Å²) in [5.41, 5.74) is 2.33. The van der Waals surface area contributed by atoms with E-state index in [1.807, 2.05) is 25.1 Å². The molecule has 0 radical (unpaired) electrons. The smallest absolute Gasteiger partial charge is 0.319 e. The Morgan fingerprint density at radius 1 is 1.19 bits per heavy atom. The molecule has 0 unspecified atom stereocenters. The molecule has 3 rings (SSSR count). The molecule has 0 fully saturated rings.